The van der Waals surface area contributed by atoms with Crippen molar-refractivity contribution < 1.29 is 13.2 Å². The molecule has 7 nitrogen and oxygen atoms in total. The summed E-state index contributed by atoms with van der Waals surface area (Å²) in [6.07, 6.45) is 1.08. The summed E-state index contributed by atoms with van der Waals surface area (Å²) in [5.74, 6) is 0.424. The Morgan fingerprint density at radius 2 is 2.17 bits per heavy atom. The standard InChI is InChI=1S/C16H26N4O3S/c1-12(20-8-7-13(11-20)10-19(2)3)16(21)18-14-5-4-6-15(9-14)24(17,22)23/h4-6,9,12-13H,7-8,10-11H2,1-3H3,(H,18,21)(H2,17,22,23)/t12-,13+/m1/s1. The molecule has 1 aliphatic heterocycles. The maximum Gasteiger partial charge on any atom is 0.241 e. The topological polar surface area (TPSA) is 95.7 Å². The van der Waals surface area contributed by atoms with Crippen LogP contribution in [0.25, 0.3) is 0 Å². The van der Waals surface area contributed by atoms with Gasteiger partial charge in [0.1, 0.15) is 0 Å². The number of carbonyl (C=O) groups excluding carboxylic acids is 1. The van der Waals surface area contributed by atoms with E-state index in [0.29, 0.717) is 11.6 Å². The zero-order chi connectivity index (χ0) is 17.9. The lowest BCUT2D eigenvalue weighted by atomic mass is 10.1. The maximum absolute atomic E-state index is 12.4. The Balaban J connectivity index is 1.98. The first kappa shape index (κ1) is 18.9. The lowest BCUT2D eigenvalue weighted by Crippen LogP contribution is -2.41. The average molecular weight is 354 g/mol. The molecule has 2 rings (SSSR count). The van der Waals surface area contributed by atoms with Gasteiger partial charge in [-0.05, 0) is 58.1 Å². The molecule has 1 aromatic rings. The maximum atomic E-state index is 12.4. The number of likely N-dealkylation sites (tertiary alicyclic amines) is 1. The number of benzene rings is 1. The number of rotatable bonds is 6. The molecule has 0 aromatic heterocycles. The molecule has 0 saturated carbocycles. The Bertz CT molecular complexity index is 690. The zero-order valence-corrected chi connectivity index (χ0v) is 15.2. The van der Waals surface area contributed by atoms with Crippen molar-refractivity contribution in [3.05, 3.63) is 24.3 Å². The van der Waals surface area contributed by atoms with Crippen LogP contribution in [0.3, 0.4) is 0 Å². The van der Waals surface area contributed by atoms with Crippen LogP contribution < -0.4 is 10.5 Å². The number of sulfonamides is 1. The number of nitrogens with zero attached hydrogens (tertiary/aromatic N) is 2. The van der Waals surface area contributed by atoms with Gasteiger partial charge in [0, 0.05) is 18.8 Å². The number of carbonyl (C=O) groups is 1. The molecule has 24 heavy (non-hydrogen) atoms. The molecule has 0 spiro atoms. The van der Waals surface area contributed by atoms with Gasteiger partial charge in [0.2, 0.25) is 15.9 Å². The highest BCUT2D eigenvalue weighted by Gasteiger charge is 2.29. The molecule has 1 aromatic carbocycles. The number of hydrogen-bond acceptors (Lipinski definition) is 5. The molecule has 1 amide bonds. The predicted molar refractivity (Wildman–Crippen MR) is 94.1 cm³/mol. The molecule has 3 N–H and O–H groups in total. The smallest absolute Gasteiger partial charge is 0.241 e. The average Bonchev–Trinajstić information content (AvgIpc) is 2.93. The van der Waals surface area contributed by atoms with E-state index < -0.39 is 10.0 Å². The number of anilines is 1. The molecule has 8 heteroatoms. The van der Waals surface area contributed by atoms with Gasteiger partial charge in [-0.3, -0.25) is 9.69 Å². The van der Waals surface area contributed by atoms with Crippen LogP contribution in [0.15, 0.2) is 29.2 Å². The monoisotopic (exact) mass is 354 g/mol. The molecule has 0 aliphatic carbocycles. The van der Waals surface area contributed by atoms with E-state index in [1.807, 2.05) is 6.92 Å². The van der Waals surface area contributed by atoms with Crippen molar-refractivity contribution in [3.63, 3.8) is 0 Å². The van der Waals surface area contributed by atoms with Crippen molar-refractivity contribution in [1.29, 1.82) is 0 Å². The fraction of sp³-hybridized carbons (Fsp3) is 0.562. The SMILES string of the molecule is C[C@H](C(=O)Nc1cccc(S(N)(=O)=O)c1)N1CC[C@@H](CN(C)C)C1. The first-order chi connectivity index (χ1) is 11.2. The van der Waals surface area contributed by atoms with Crippen molar-refractivity contribution in [1.82, 2.24) is 9.80 Å². The van der Waals surface area contributed by atoms with Crippen molar-refractivity contribution in [2.45, 2.75) is 24.3 Å². The second kappa shape index (κ2) is 7.60. The quantitative estimate of drug-likeness (QED) is 0.777. The van der Waals surface area contributed by atoms with Crippen LogP contribution in [0.2, 0.25) is 0 Å². The molecule has 1 aliphatic rings. The van der Waals surface area contributed by atoms with E-state index in [-0.39, 0.29) is 16.8 Å². The predicted octanol–water partition coefficient (Wildman–Crippen LogP) is 0.545. The van der Waals surface area contributed by atoms with E-state index in [1.165, 1.54) is 12.1 Å². The van der Waals surface area contributed by atoms with E-state index in [2.05, 4.69) is 29.2 Å². The zero-order valence-electron chi connectivity index (χ0n) is 14.4. The molecule has 0 radical (unpaired) electrons. The minimum atomic E-state index is -3.78. The van der Waals surface area contributed by atoms with Crippen molar-refractivity contribution in [2.75, 3.05) is 39.0 Å². The van der Waals surface area contributed by atoms with E-state index in [0.717, 1.165) is 26.1 Å². The van der Waals surface area contributed by atoms with Crippen LogP contribution in [0.5, 0.6) is 0 Å². The number of nitrogens with one attached hydrogen (secondary N) is 1. The van der Waals surface area contributed by atoms with E-state index >= 15 is 0 Å². The third-order valence-electron chi connectivity index (χ3n) is 4.30. The lowest BCUT2D eigenvalue weighted by Gasteiger charge is -2.24. The Hall–Kier alpha value is -1.48. The Morgan fingerprint density at radius 3 is 2.79 bits per heavy atom. The summed E-state index contributed by atoms with van der Waals surface area (Å²) in [5.41, 5.74) is 0.433. The first-order valence-corrected chi connectivity index (χ1v) is 9.54. The third kappa shape index (κ3) is 5.01. The molecule has 1 saturated heterocycles. The van der Waals surface area contributed by atoms with Gasteiger partial charge in [-0.15, -0.1) is 0 Å². The Kier molecular flexibility index (Phi) is 5.97. The molecule has 134 valence electrons. The highest BCUT2D eigenvalue weighted by molar-refractivity contribution is 7.89. The minimum Gasteiger partial charge on any atom is -0.325 e. The van der Waals surface area contributed by atoms with Gasteiger partial charge in [-0.2, -0.15) is 0 Å². The fourth-order valence-electron chi connectivity index (χ4n) is 3.04. The van der Waals surface area contributed by atoms with Crippen molar-refractivity contribution >= 4 is 21.6 Å². The number of hydrogen-bond donors (Lipinski definition) is 2. The number of nitrogens with two attached hydrogens (primary N) is 1. The molecule has 2 atom stereocenters. The molecule has 0 bridgehead atoms. The van der Waals surface area contributed by atoms with Gasteiger partial charge in [0.15, 0.2) is 0 Å². The highest BCUT2D eigenvalue weighted by atomic mass is 32.2. The van der Waals surface area contributed by atoms with Gasteiger partial charge in [0.25, 0.3) is 0 Å². The molecular formula is C16H26N4O3S. The van der Waals surface area contributed by atoms with Crippen LogP contribution in [-0.4, -0.2) is 63.9 Å². The molecule has 1 fully saturated rings. The summed E-state index contributed by atoms with van der Waals surface area (Å²) in [4.78, 5) is 16.8. The summed E-state index contributed by atoms with van der Waals surface area (Å²) in [6.45, 7) is 4.67. The van der Waals surface area contributed by atoms with Crippen molar-refractivity contribution in [2.24, 2.45) is 11.1 Å². The van der Waals surface area contributed by atoms with Gasteiger partial charge < -0.3 is 10.2 Å². The van der Waals surface area contributed by atoms with Gasteiger partial charge in [0.05, 0.1) is 10.9 Å². The minimum absolute atomic E-state index is 0.0137. The number of primary sulfonamides is 1. The van der Waals surface area contributed by atoms with E-state index in [1.54, 1.807) is 12.1 Å². The van der Waals surface area contributed by atoms with Crippen LogP contribution >= 0.6 is 0 Å². The lowest BCUT2D eigenvalue weighted by molar-refractivity contribution is -0.120. The summed E-state index contributed by atoms with van der Waals surface area (Å²) in [6, 6.07) is 5.72. The Labute approximate surface area is 143 Å². The van der Waals surface area contributed by atoms with Gasteiger partial charge in [-0.1, -0.05) is 6.07 Å². The second-order valence-corrected chi connectivity index (χ2v) is 8.21. The van der Waals surface area contributed by atoms with Gasteiger partial charge in [-0.25, -0.2) is 13.6 Å². The summed E-state index contributed by atoms with van der Waals surface area (Å²) in [7, 11) is 0.323. The van der Waals surface area contributed by atoms with Crippen LogP contribution in [-0.2, 0) is 14.8 Å². The largest absolute Gasteiger partial charge is 0.325 e. The summed E-state index contributed by atoms with van der Waals surface area (Å²) in [5, 5.41) is 7.89. The van der Waals surface area contributed by atoms with Crippen molar-refractivity contribution in [3.8, 4) is 0 Å². The third-order valence-corrected chi connectivity index (χ3v) is 5.21. The first-order valence-electron chi connectivity index (χ1n) is 7.99. The van der Waals surface area contributed by atoms with E-state index in [9.17, 15) is 13.2 Å². The van der Waals surface area contributed by atoms with E-state index in [4.69, 9.17) is 5.14 Å². The summed E-state index contributed by atoms with van der Waals surface area (Å²) < 4.78 is 22.8. The van der Waals surface area contributed by atoms with Crippen LogP contribution in [0.1, 0.15) is 13.3 Å². The summed E-state index contributed by atoms with van der Waals surface area (Å²) >= 11 is 0. The molecule has 1 heterocycles. The Morgan fingerprint density at radius 1 is 1.46 bits per heavy atom. The molecule has 0 unspecified atom stereocenters. The van der Waals surface area contributed by atoms with Gasteiger partial charge >= 0.3 is 0 Å². The van der Waals surface area contributed by atoms with Crippen LogP contribution in [0, 0.1) is 5.92 Å². The number of amides is 1. The molecular weight excluding hydrogens is 328 g/mol. The van der Waals surface area contributed by atoms with Crippen LogP contribution in [0.4, 0.5) is 5.69 Å². The highest BCUT2D eigenvalue weighted by Crippen LogP contribution is 2.20. The fourth-order valence-corrected chi connectivity index (χ4v) is 3.60. The normalized spacial score (nSPS) is 20.3. The second-order valence-electron chi connectivity index (χ2n) is 6.65.